The number of aromatic nitrogens is 1. The fraction of sp³-hybridized carbons (Fsp3) is 0. The molecule has 0 unspecified atom stereocenters. The minimum Gasteiger partial charge on any atom is -0.246 e. The Morgan fingerprint density at radius 3 is 1.56 bits per heavy atom. The third-order valence-electron chi connectivity index (χ3n) is 5.15. The van der Waals surface area contributed by atoms with Gasteiger partial charge in [0.2, 0.25) is 0 Å². The van der Waals surface area contributed by atoms with Gasteiger partial charge in [-0.25, -0.2) is 4.98 Å². The summed E-state index contributed by atoms with van der Waals surface area (Å²) in [6.45, 7) is 0. The van der Waals surface area contributed by atoms with Gasteiger partial charge in [0, 0.05) is 22.1 Å². The first-order valence-electron chi connectivity index (χ1n) is 10.5. The Morgan fingerprint density at radius 2 is 0.938 bits per heavy atom. The highest BCUT2D eigenvalue weighted by atomic mass is 14.7. The second-order valence-corrected chi connectivity index (χ2v) is 7.33. The van der Waals surface area contributed by atoms with E-state index in [-0.39, 0.29) is 0 Å². The number of fused-ring (bicyclic) bond motifs is 1. The molecule has 148 valence electrons. The molecule has 0 spiro atoms. The summed E-state index contributed by atoms with van der Waals surface area (Å²) in [6.07, 6.45) is 0. The maximum absolute atomic E-state index is 5.00. The van der Waals surface area contributed by atoms with Crippen LogP contribution < -0.4 is 0 Å². The average Bonchev–Trinajstić information content (AvgIpc) is 2.87. The second kappa shape index (κ2) is 9.05. The highest BCUT2D eigenvalue weighted by molar-refractivity contribution is 5.92. The van der Waals surface area contributed by atoms with Gasteiger partial charge in [-0.1, -0.05) is 109 Å². The number of hydrogen-bond donors (Lipinski definition) is 0. The van der Waals surface area contributed by atoms with E-state index in [0.717, 1.165) is 44.4 Å². The first kappa shape index (κ1) is 19.4. The van der Waals surface area contributed by atoms with Crippen LogP contribution in [-0.2, 0) is 0 Å². The summed E-state index contributed by atoms with van der Waals surface area (Å²) >= 11 is 0. The van der Waals surface area contributed by atoms with E-state index < -0.39 is 0 Å². The van der Waals surface area contributed by atoms with E-state index in [1.807, 2.05) is 97.1 Å². The first-order chi connectivity index (χ1) is 15.9. The topological polar surface area (TPSA) is 12.9 Å². The molecule has 1 heterocycles. The lowest BCUT2D eigenvalue weighted by Gasteiger charge is -2.10. The molecule has 0 atom stereocenters. The molecule has 0 bridgehead atoms. The minimum atomic E-state index is 0.849. The summed E-state index contributed by atoms with van der Waals surface area (Å²) in [5.41, 5.74) is 6.47. The Labute approximate surface area is 188 Å². The molecule has 0 radical (unpaired) electrons. The molecule has 0 amide bonds. The van der Waals surface area contributed by atoms with Crippen molar-refractivity contribution >= 4 is 10.9 Å². The second-order valence-electron chi connectivity index (χ2n) is 7.33. The number of pyridine rings is 1. The van der Waals surface area contributed by atoms with Gasteiger partial charge in [0.15, 0.2) is 0 Å². The summed E-state index contributed by atoms with van der Waals surface area (Å²) in [5.74, 6) is 13.5. The molecule has 0 aliphatic heterocycles. The van der Waals surface area contributed by atoms with Crippen LogP contribution in [-0.4, -0.2) is 4.98 Å². The fourth-order valence-electron chi connectivity index (χ4n) is 3.58. The predicted octanol–water partition coefficient (Wildman–Crippen LogP) is 6.70. The van der Waals surface area contributed by atoms with Crippen LogP contribution in [0, 0.1) is 23.7 Å². The highest BCUT2D eigenvalue weighted by Crippen LogP contribution is 2.29. The molecule has 0 aliphatic rings. The molecule has 32 heavy (non-hydrogen) atoms. The number of benzene rings is 4. The predicted molar refractivity (Wildman–Crippen MR) is 132 cm³/mol. The molecule has 0 N–H and O–H groups in total. The van der Waals surface area contributed by atoms with Crippen LogP contribution in [0.3, 0.4) is 0 Å². The lowest BCUT2D eigenvalue weighted by atomic mass is 9.96. The van der Waals surface area contributed by atoms with Crippen LogP contribution in [0.25, 0.3) is 22.2 Å². The van der Waals surface area contributed by atoms with Crippen LogP contribution in [0.5, 0.6) is 0 Å². The number of nitrogens with zero attached hydrogens (tertiary/aromatic N) is 1. The molecule has 1 aromatic heterocycles. The lowest BCUT2D eigenvalue weighted by molar-refractivity contribution is 1.37. The van der Waals surface area contributed by atoms with Crippen LogP contribution in [0.1, 0.15) is 22.3 Å². The third-order valence-corrected chi connectivity index (χ3v) is 5.15. The van der Waals surface area contributed by atoms with Crippen molar-refractivity contribution in [1.82, 2.24) is 4.98 Å². The number of rotatable bonds is 1. The molecule has 0 saturated carbocycles. The zero-order valence-electron chi connectivity index (χ0n) is 17.4. The lowest BCUT2D eigenvalue weighted by Crippen LogP contribution is -1.97. The van der Waals surface area contributed by atoms with Gasteiger partial charge in [-0.15, -0.1) is 0 Å². The highest BCUT2D eigenvalue weighted by Gasteiger charge is 2.14. The van der Waals surface area contributed by atoms with Gasteiger partial charge in [0.05, 0.1) is 22.3 Å². The third kappa shape index (κ3) is 4.15. The average molecular weight is 406 g/mol. The number of hydrogen-bond acceptors (Lipinski definition) is 1. The van der Waals surface area contributed by atoms with Crippen LogP contribution in [0.15, 0.2) is 115 Å². The van der Waals surface area contributed by atoms with E-state index in [0.29, 0.717) is 0 Å². The molecule has 5 aromatic rings. The summed E-state index contributed by atoms with van der Waals surface area (Å²) in [7, 11) is 0. The Hall–Kier alpha value is -4.59. The van der Waals surface area contributed by atoms with Gasteiger partial charge >= 0.3 is 0 Å². The van der Waals surface area contributed by atoms with E-state index in [2.05, 4.69) is 41.9 Å². The van der Waals surface area contributed by atoms with Gasteiger partial charge in [0.1, 0.15) is 0 Å². The van der Waals surface area contributed by atoms with Gasteiger partial charge in [-0.3, -0.25) is 0 Å². The van der Waals surface area contributed by atoms with Crippen molar-refractivity contribution in [3.8, 4) is 34.9 Å². The van der Waals surface area contributed by atoms with Crippen LogP contribution >= 0.6 is 0 Å². The van der Waals surface area contributed by atoms with Crippen LogP contribution in [0.4, 0.5) is 0 Å². The van der Waals surface area contributed by atoms with E-state index in [1.54, 1.807) is 0 Å². The Balaban J connectivity index is 1.81. The van der Waals surface area contributed by atoms with Gasteiger partial charge < -0.3 is 0 Å². The summed E-state index contributed by atoms with van der Waals surface area (Å²) in [6, 6.07) is 38.4. The van der Waals surface area contributed by atoms with Crippen molar-refractivity contribution in [1.29, 1.82) is 0 Å². The Kier molecular flexibility index (Phi) is 5.48. The SMILES string of the molecule is C(#Cc1c(-c2ccccc2)nc2ccccc2c1C#Cc1ccccc1)c1ccccc1. The van der Waals surface area contributed by atoms with Crippen LogP contribution in [0.2, 0.25) is 0 Å². The Bertz CT molecular complexity index is 1490. The molecule has 5 rings (SSSR count). The molecule has 1 nitrogen and oxygen atoms in total. The quantitative estimate of drug-likeness (QED) is 0.283. The monoisotopic (exact) mass is 405 g/mol. The zero-order chi connectivity index (χ0) is 21.6. The van der Waals surface area contributed by atoms with Gasteiger partial charge in [-0.2, -0.15) is 0 Å². The molecule has 0 saturated heterocycles. The molecule has 4 aromatic carbocycles. The van der Waals surface area contributed by atoms with Crippen molar-refractivity contribution in [2.24, 2.45) is 0 Å². The van der Waals surface area contributed by atoms with Crippen molar-refractivity contribution in [2.45, 2.75) is 0 Å². The largest absolute Gasteiger partial charge is 0.246 e. The summed E-state index contributed by atoms with van der Waals surface area (Å²) in [5, 5.41) is 1.01. The molecular formula is C31H19N. The molecule has 0 aliphatic carbocycles. The minimum absolute atomic E-state index is 0.849. The van der Waals surface area contributed by atoms with Crippen molar-refractivity contribution in [2.75, 3.05) is 0 Å². The summed E-state index contributed by atoms with van der Waals surface area (Å²) < 4.78 is 0. The van der Waals surface area contributed by atoms with Crippen molar-refractivity contribution in [3.63, 3.8) is 0 Å². The first-order valence-corrected chi connectivity index (χ1v) is 10.5. The molecular weight excluding hydrogens is 386 g/mol. The summed E-state index contributed by atoms with van der Waals surface area (Å²) in [4.78, 5) is 5.00. The molecule has 0 fully saturated rings. The number of para-hydroxylation sites is 1. The van der Waals surface area contributed by atoms with Crippen molar-refractivity contribution < 1.29 is 0 Å². The zero-order valence-corrected chi connectivity index (χ0v) is 17.4. The maximum Gasteiger partial charge on any atom is 0.0878 e. The maximum atomic E-state index is 5.00. The van der Waals surface area contributed by atoms with Gasteiger partial charge in [-0.05, 0) is 30.3 Å². The van der Waals surface area contributed by atoms with Gasteiger partial charge in [0.25, 0.3) is 0 Å². The molecule has 1 heteroatoms. The van der Waals surface area contributed by atoms with E-state index in [9.17, 15) is 0 Å². The van der Waals surface area contributed by atoms with Crippen molar-refractivity contribution in [3.05, 3.63) is 138 Å². The van der Waals surface area contributed by atoms with E-state index in [4.69, 9.17) is 4.98 Å². The fourth-order valence-corrected chi connectivity index (χ4v) is 3.58. The van der Waals surface area contributed by atoms with E-state index in [1.165, 1.54) is 0 Å². The smallest absolute Gasteiger partial charge is 0.0878 e. The Morgan fingerprint density at radius 1 is 0.438 bits per heavy atom. The standard InChI is InChI=1S/C31H19N/c1-4-12-24(13-5-1)20-22-27-28-18-10-11-19-30(28)32-31(26-16-8-3-9-17-26)29(27)23-21-25-14-6-2-7-15-25/h1-19H. The normalized spacial score (nSPS) is 10.0. The van der Waals surface area contributed by atoms with E-state index >= 15 is 0 Å².